The van der Waals surface area contributed by atoms with Crippen LogP contribution >= 0.6 is 11.6 Å². The van der Waals surface area contributed by atoms with Gasteiger partial charge in [0.2, 0.25) is 11.9 Å². The molecule has 5 amide bonds. The summed E-state index contributed by atoms with van der Waals surface area (Å²) in [7, 11) is 0. The zero-order valence-electron chi connectivity index (χ0n) is 35.2. The number of hydrogen-bond acceptors (Lipinski definition) is 12. The van der Waals surface area contributed by atoms with Gasteiger partial charge in [-0.05, 0) is 55.5 Å². The van der Waals surface area contributed by atoms with E-state index >= 15 is 0 Å². The molecule has 19 heteroatoms. The fourth-order valence-corrected chi connectivity index (χ4v) is 10.9. The third kappa shape index (κ3) is 7.72. The number of nitriles is 1. The number of rotatable bonds is 9. The van der Waals surface area contributed by atoms with Gasteiger partial charge in [0.05, 0.1) is 33.3 Å². The van der Waals surface area contributed by atoms with Crippen molar-refractivity contribution in [2.45, 2.75) is 77.7 Å². The SMILES string of the molecule is CC1(C)C(Oc2ccc(C#N)c(Cl)c2)C(C)(C)C1N1C(=O)CCC(N2C(=O)c3ccc(N4CCN(CC5CCN(c6ncc(C(N)=O)c(C(F)(F)F)n6)CC5)CC4)cc3C2=O)C1=O. The number of anilines is 2. The summed E-state index contributed by atoms with van der Waals surface area (Å²) in [5.74, 6) is -2.72. The molecule has 4 aliphatic heterocycles. The highest BCUT2D eigenvalue weighted by Crippen LogP contribution is 2.58. The van der Waals surface area contributed by atoms with Crippen LogP contribution in [0.25, 0.3) is 0 Å². The first-order valence-electron chi connectivity index (χ1n) is 20.9. The summed E-state index contributed by atoms with van der Waals surface area (Å²) < 4.78 is 47.1. The van der Waals surface area contributed by atoms with E-state index in [4.69, 9.17) is 22.1 Å². The summed E-state index contributed by atoms with van der Waals surface area (Å²) in [6, 6.07) is 10.2. The zero-order chi connectivity index (χ0) is 45.3. The lowest BCUT2D eigenvalue weighted by Gasteiger charge is -2.65. The largest absolute Gasteiger partial charge is 0.489 e. The van der Waals surface area contributed by atoms with Gasteiger partial charge >= 0.3 is 6.18 Å². The predicted octanol–water partition coefficient (Wildman–Crippen LogP) is 5.15. The number of alkyl halides is 3. The molecular formula is C44H47ClF3N9O6. The number of piperidine rings is 2. The molecule has 1 aliphatic carbocycles. The lowest BCUT2D eigenvalue weighted by Crippen LogP contribution is -2.77. The molecule has 0 spiro atoms. The highest BCUT2D eigenvalue weighted by molar-refractivity contribution is 6.31. The number of amides is 5. The van der Waals surface area contributed by atoms with E-state index in [1.54, 1.807) is 41.3 Å². The van der Waals surface area contributed by atoms with Crippen molar-refractivity contribution >= 4 is 52.8 Å². The van der Waals surface area contributed by atoms with E-state index in [-0.39, 0.29) is 40.8 Å². The molecule has 1 aromatic heterocycles. The average Bonchev–Trinajstić information content (AvgIpc) is 3.49. The molecule has 3 aromatic rings. The van der Waals surface area contributed by atoms with Crippen molar-refractivity contribution < 1.29 is 41.9 Å². The number of nitrogens with zero attached hydrogens (tertiary/aromatic N) is 8. The van der Waals surface area contributed by atoms with E-state index in [2.05, 4.69) is 19.8 Å². The minimum absolute atomic E-state index is 0.0154. The Bertz CT molecular complexity index is 2430. The van der Waals surface area contributed by atoms with Crippen molar-refractivity contribution in [2.75, 3.05) is 55.6 Å². The van der Waals surface area contributed by atoms with Crippen LogP contribution < -0.4 is 20.3 Å². The van der Waals surface area contributed by atoms with E-state index in [9.17, 15) is 42.4 Å². The maximum absolute atomic E-state index is 14.4. The number of benzene rings is 2. The number of primary amides is 1. The number of likely N-dealkylation sites (tertiary alicyclic amines) is 1. The average molecular weight is 890 g/mol. The molecule has 1 saturated carbocycles. The smallest absolute Gasteiger partial charge is 0.434 e. The van der Waals surface area contributed by atoms with Crippen molar-refractivity contribution in [1.29, 1.82) is 5.26 Å². The Hall–Kier alpha value is -5.80. The molecule has 1 atom stereocenters. The Balaban J connectivity index is 0.879. The Morgan fingerprint density at radius 2 is 1.57 bits per heavy atom. The van der Waals surface area contributed by atoms with E-state index in [0.29, 0.717) is 43.4 Å². The molecule has 15 nitrogen and oxygen atoms in total. The van der Waals surface area contributed by atoms with Gasteiger partial charge in [-0.1, -0.05) is 39.3 Å². The Morgan fingerprint density at radius 3 is 2.19 bits per heavy atom. The minimum atomic E-state index is -4.85. The van der Waals surface area contributed by atoms with Crippen LogP contribution in [0.5, 0.6) is 5.75 Å². The second-order valence-corrected chi connectivity index (χ2v) is 18.6. The highest BCUT2D eigenvalue weighted by Gasteiger charge is 2.68. The van der Waals surface area contributed by atoms with Gasteiger partial charge in [-0.15, -0.1) is 0 Å². The van der Waals surface area contributed by atoms with Crippen molar-refractivity contribution in [1.82, 2.24) is 24.7 Å². The van der Waals surface area contributed by atoms with Crippen molar-refractivity contribution in [3.8, 4) is 11.8 Å². The number of carbonyl (C=O) groups is 5. The van der Waals surface area contributed by atoms with Gasteiger partial charge in [0.15, 0.2) is 5.69 Å². The molecule has 63 heavy (non-hydrogen) atoms. The number of aromatic nitrogens is 2. The standard InChI is InChI=1S/C44H47ClF3N9O6/c1-42(2)39(43(3,4)40(42)63-27-7-5-25(21-49)31(45)20-27)57-33(58)10-9-32(38(57)62)56-36(60)28-8-6-26(19-29(28)37(56)61)54-17-15-53(16-18-54)23-24-11-13-55(14-12-24)41-51-22-30(35(50)59)34(52-41)44(46,47)48/h5-8,19-20,22,24,32,39-40H,9-18,23H2,1-4H3,(H2,50,59). The number of hydrogen-bond donors (Lipinski definition) is 1. The molecule has 2 N–H and O–H groups in total. The van der Waals surface area contributed by atoms with Gasteiger partial charge < -0.3 is 20.3 Å². The topological polar surface area (TPSA) is 186 Å². The second-order valence-electron chi connectivity index (χ2n) is 18.2. The van der Waals surface area contributed by atoms with Crippen LogP contribution in [0.2, 0.25) is 5.02 Å². The number of halogens is 4. The van der Waals surface area contributed by atoms with Crippen LogP contribution in [0.15, 0.2) is 42.6 Å². The highest BCUT2D eigenvalue weighted by atomic mass is 35.5. The first kappa shape index (κ1) is 43.8. The van der Waals surface area contributed by atoms with Crippen LogP contribution in [0.4, 0.5) is 24.8 Å². The van der Waals surface area contributed by atoms with Gasteiger partial charge in [-0.3, -0.25) is 38.7 Å². The predicted molar refractivity (Wildman–Crippen MR) is 223 cm³/mol. The van der Waals surface area contributed by atoms with Gasteiger partial charge in [0, 0.05) is 81.0 Å². The first-order chi connectivity index (χ1) is 29.7. The van der Waals surface area contributed by atoms with Crippen LogP contribution in [0.1, 0.15) is 95.7 Å². The van der Waals surface area contributed by atoms with Crippen molar-refractivity contribution in [3.05, 3.63) is 75.6 Å². The molecule has 5 aliphatic rings. The zero-order valence-corrected chi connectivity index (χ0v) is 36.0. The van der Waals surface area contributed by atoms with Crippen LogP contribution in [0, 0.1) is 28.1 Å². The Labute approximate surface area is 366 Å². The van der Waals surface area contributed by atoms with Gasteiger partial charge in [0.1, 0.15) is 24.0 Å². The fraction of sp³-hybridized carbons (Fsp3) is 0.500. The van der Waals surface area contributed by atoms with Crippen LogP contribution in [-0.4, -0.2) is 118 Å². The molecule has 0 radical (unpaired) electrons. The summed E-state index contributed by atoms with van der Waals surface area (Å²) >= 11 is 6.26. The normalized spacial score (nSPS) is 24.0. The number of ether oxygens (including phenoxy) is 1. The second kappa shape index (κ2) is 16.1. The number of nitrogens with two attached hydrogens (primary N) is 1. The molecule has 0 bridgehead atoms. The summed E-state index contributed by atoms with van der Waals surface area (Å²) in [6.07, 6.45) is -3.05. The number of imide groups is 2. The van der Waals surface area contributed by atoms with E-state index < -0.39 is 70.1 Å². The maximum Gasteiger partial charge on any atom is 0.434 e. The molecule has 4 fully saturated rings. The van der Waals surface area contributed by atoms with Crippen molar-refractivity contribution in [2.24, 2.45) is 22.5 Å². The number of piperazine rings is 1. The summed E-state index contributed by atoms with van der Waals surface area (Å²) in [5.41, 5.74) is 3.02. The molecule has 8 rings (SSSR count). The maximum atomic E-state index is 14.4. The first-order valence-corrected chi connectivity index (χ1v) is 21.3. The van der Waals surface area contributed by atoms with Gasteiger partial charge in [0.25, 0.3) is 23.6 Å². The summed E-state index contributed by atoms with van der Waals surface area (Å²) in [4.78, 5) is 83.6. The van der Waals surface area contributed by atoms with E-state index in [0.717, 1.165) is 49.3 Å². The third-order valence-corrected chi connectivity index (χ3v) is 13.7. The molecule has 2 aromatic carbocycles. The third-order valence-electron chi connectivity index (χ3n) is 13.4. The fourth-order valence-electron chi connectivity index (χ4n) is 10.7. The van der Waals surface area contributed by atoms with Crippen LogP contribution in [0.3, 0.4) is 0 Å². The Morgan fingerprint density at radius 1 is 0.905 bits per heavy atom. The number of fused-ring (bicyclic) bond motifs is 1. The van der Waals surface area contributed by atoms with E-state index in [1.165, 1.54) is 4.90 Å². The van der Waals surface area contributed by atoms with Crippen molar-refractivity contribution in [3.63, 3.8) is 0 Å². The lowest BCUT2D eigenvalue weighted by atomic mass is 9.48. The lowest BCUT2D eigenvalue weighted by molar-refractivity contribution is -0.216. The molecule has 5 heterocycles. The monoisotopic (exact) mass is 889 g/mol. The van der Waals surface area contributed by atoms with Crippen LogP contribution in [-0.2, 0) is 15.8 Å². The molecule has 3 saturated heterocycles. The summed E-state index contributed by atoms with van der Waals surface area (Å²) in [5, 5.41) is 9.52. The Kier molecular flexibility index (Phi) is 11.2. The number of carbonyl (C=O) groups excluding carboxylic acids is 5. The molecular weight excluding hydrogens is 843 g/mol. The quantitative estimate of drug-likeness (QED) is 0.279. The summed E-state index contributed by atoms with van der Waals surface area (Å²) in [6.45, 7) is 12.1. The van der Waals surface area contributed by atoms with Gasteiger partial charge in [-0.2, -0.15) is 18.4 Å². The molecule has 332 valence electrons. The molecule has 1 unspecified atom stereocenters. The minimum Gasteiger partial charge on any atom is -0.489 e. The van der Waals surface area contributed by atoms with Gasteiger partial charge in [-0.25, -0.2) is 9.97 Å². The van der Waals surface area contributed by atoms with E-state index in [1.807, 2.05) is 33.8 Å².